The van der Waals surface area contributed by atoms with Gasteiger partial charge in [0.25, 0.3) is 0 Å². The Labute approximate surface area is 141 Å². The molecule has 1 aliphatic heterocycles. The largest absolute Gasteiger partial charge is 0.481 e. The SMILES string of the molecule is CCc1nc2ccccc2n1CC(=O)N1CC(C)CC(C(=O)O)C1. The molecule has 1 aliphatic rings. The van der Waals surface area contributed by atoms with E-state index in [-0.39, 0.29) is 18.4 Å². The number of amides is 1. The molecule has 2 heterocycles. The summed E-state index contributed by atoms with van der Waals surface area (Å²) in [5.41, 5.74) is 1.83. The Bertz CT molecular complexity index is 768. The van der Waals surface area contributed by atoms with Crippen molar-refractivity contribution in [3.63, 3.8) is 0 Å². The van der Waals surface area contributed by atoms with Crippen LogP contribution >= 0.6 is 0 Å². The van der Waals surface area contributed by atoms with E-state index in [2.05, 4.69) is 4.98 Å². The molecule has 3 rings (SSSR count). The average molecular weight is 329 g/mol. The number of imidazole rings is 1. The molecule has 1 aromatic carbocycles. The third-order valence-corrected chi connectivity index (χ3v) is 4.70. The highest BCUT2D eigenvalue weighted by Crippen LogP contribution is 2.23. The number of fused-ring (bicyclic) bond motifs is 1. The number of piperidine rings is 1. The first-order valence-electron chi connectivity index (χ1n) is 8.44. The molecule has 1 saturated heterocycles. The van der Waals surface area contributed by atoms with Crippen molar-refractivity contribution in [1.29, 1.82) is 0 Å². The van der Waals surface area contributed by atoms with Gasteiger partial charge in [0, 0.05) is 19.5 Å². The minimum atomic E-state index is -0.818. The molecule has 128 valence electrons. The lowest BCUT2D eigenvalue weighted by atomic mass is 9.90. The molecule has 6 heteroatoms. The number of para-hydroxylation sites is 2. The normalized spacial score (nSPS) is 21.2. The average Bonchev–Trinajstić information content (AvgIpc) is 2.92. The molecule has 2 atom stereocenters. The van der Waals surface area contributed by atoms with Gasteiger partial charge in [-0.15, -0.1) is 0 Å². The van der Waals surface area contributed by atoms with E-state index >= 15 is 0 Å². The van der Waals surface area contributed by atoms with Crippen molar-refractivity contribution < 1.29 is 14.7 Å². The Kier molecular flexibility index (Phi) is 4.55. The number of aryl methyl sites for hydroxylation is 1. The highest BCUT2D eigenvalue weighted by molar-refractivity contribution is 5.82. The molecule has 1 N–H and O–H groups in total. The lowest BCUT2D eigenvalue weighted by Gasteiger charge is -2.34. The van der Waals surface area contributed by atoms with E-state index in [1.165, 1.54) is 0 Å². The van der Waals surface area contributed by atoms with E-state index in [4.69, 9.17) is 0 Å². The summed E-state index contributed by atoms with van der Waals surface area (Å²) in [6.07, 6.45) is 1.38. The van der Waals surface area contributed by atoms with Crippen molar-refractivity contribution in [3.8, 4) is 0 Å². The first-order valence-corrected chi connectivity index (χ1v) is 8.44. The number of carbonyl (C=O) groups is 2. The summed E-state index contributed by atoms with van der Waals surface area (Å²) in [7, 11) is 0. The summed E-state index contributed by atoms with van der Waals surface area (Å²) in [4.78, 5) is 30.4. The molecule has 1 amide bonds. The fourth-order valence-corrected chi connectivity index (χ4v) is 3.54. The summed E-state index contributed by atoms with van der Waals surface area (Å²) in [5, 5.41) is 9.28. The monoisotopic (exact) mass is 329 g/mol. The number of rotatable bonds is 4. The van der Waals surface area contributed by atoms with Gasteiger partial charge >= 0.3 is 5.97 Å². The van der Waals surface area contributed by atoms with Crippen molar-refractivity contribution in [2.75, 3.05) is 13.1 Å². The summed E-state index contributed by atoms with van der Waals surface area (Å²) < 4.78 is 1.95. The first kappa shape index (κ1) is 16.5. The minimum Gasteiger partial charge on any atom is -0.481 e. The Hall–Kier alpha value is -2.37. The smallest absolute Gasteiger partial charge is 0.308 e. The topological polar surface area (TPSA) is 75.4 Å². The lowest BCUT2D eigenvalue weighted by molar-refractivity contribution is -0.147. The van der Waals surface area contributed by atoms with Crippen LogP contribution in [0.1, 0.15) is 26.1 Å². The molecule has 0 spiro atoms. The minimum absolute atomic E-state index is 0.0364. The summed E-state index contributed by atoms with van der Waals surface area (Å²) in [5.74, 6) is -0.242. The van der Waals surface area contributed by atoms with Crippen LogP contribution in [0.25, 0.3) is 11.0 Å². The number of nitrogens with zero attached hydrogens (tertiary/aromatic N) is 3. The van der Waals surface area contributed by atoms with Crippen LogP contribution in [0.4, 0.5) is 0 Å². The van der Waals surface area contributed by atoms with Gasteiger partial charge in [-0.25, -0.2) is 4.98 Å². The number of hydrogen-bond donors (Lipinski definition) is 1. The molecule has 0 saturated carbocycles. The molecule has 2 aromatic rings. The molecular formula is C18H23N3O3. The van der Waals surface area contributed by atoms with E-state index in [9.17, 15) is 14.7 Å². The van der Waals surface area contributed by atoms with E-state index in [0.717, 1.165) is 23.3 Å². The number of carbonyl (C=O) groups excluding carboxylic acids is 1. The fraction of sp³-hybridized carbons (Fsp3) is 0.500. The first-order chi connectivity index (χ1) is 11.5. The van der Waals surface area contributed by atoms with Gasteiger partial charge in [-0.05, 0) is 24.5 Å². The molecule has 1 aromatic heterocycles. The van der Waals surface area contributed by atoms with Crippen molar-refractivity contribution in [1.82, 2.24) is 14.5 Å². The van der Waals surface area contributed by atoms with Crippen LogP contribution < -0.4 is 0 Å². The fourth-order valence-electron chi connectivity index (χ4n) is 3.54. The van der Waals surface area contributed by atoms with Crippen molar-refractivity contribution >= 4 is 22.9 Å². The second-order valence-corrected chi connectivity index (χ2v) is 6.63. The van der Waals surface area contributed by atoms with Gasteiger partial charge in [-0.1, -0.05) is 26.0 Å². The Balaban J connectivity index is 1.83. The summed E-state index contributed by atoms with van der Waals surface area (Å²) in [6.45, 7) is 5.15. The predicted octanol–water partition coefficient (Wildman–Crippen LogP) is 2.17. The zero-order chi connectivity index (χ0) is 17.3. The Morgan fingerprint density at radius 1 is 1.29 bits per heavy atom. The van der Waals surface area contributed by atoms with Gasteiger partial charge in [-0.3, -0.25) is 9.59 Å². The van der Waals surface area contributed by atoms with E-state index < -0.39 is 11.9 Å². The van der Waals surface area contributed by atoms with E-state index in [1.54, 1.807) is 4.90 Å². The number of hydrogen-bond acceptors (Lipinski definition) is 3. The maximum atomic E-state index is 12.8. The van der Waals surface area contributed by atoms with E-state index in [0.29, 0.717) is 19.5 Å². The molecule has 0 radical (unpaired) electrons. The molecule has 1 fully saturated rings. The van der Waals surface area contributed by atoms with Crippen LogP contribution in [0.2, 0.25) is 0 Å². The van der Waals surface area contributed by atoms with Crippen LogP contribution in [-0.2, 0) is 22.6 Å². The van der Waals surface area contributed by atoms with Gasteiger partial charge in [0.1, 0.15) is 12.4 Å². The molecule has 0 aliphatic carbocycles. The maximum Gasteiger partial charge on any atom is 0.308 e. The van der Waals surface area contributed by atoms with Crippen LogP contribution in [0.15, 0.2) is 24.3 Å². The van der Waals surface area contributed by atoms with Crippen molar-refractivity contribution in [3.05, 3.63) is 30.1 Å². The van der Waals surface area contributed by atoms with Crippen LogP contribution in [-0.4, -0.2) is 44.5 Å². The number of likely N-dealkylation sites (tertiary alicyclic amines) is 1. The van der Waals surface area contributed by atoms with Gasteiger partial charge in [-0.2, -0.15) is 0 Å². The molecule has 6 nitrogen and oxygen atoms in total. The second-order valence-electron chi connectivity index (χ2n) is 6.63. The third-order valence-electron chi connectivity index (χ3n) is 4.70. The highest BCUT2D eigenvalue weighted by atomic mass is 16.4. The standard InChI is InChI=1S/C18H23N3O3/c1-3-16-19-14-6-4-5-7-15(14)21(16)11-17(22)20-9-12(2)8-13(10-20)18(23)24/h4-7,12-13H,3,8-11H2,1-2H3,(H,23,24). The third kappa shape index (κ3) is 3.13. The number of carboxylic acid groups (broad SMARTS) is 1. The van der Waals surface area contributed by atoms with Gasteiger partial charge in [0.2, 0.25) is 5.91 Å². The van der Waals surface area contributed by atoms with Gasteiger partial charge < -0.3 is 14.6 Å². The Morgan fingerprint density at radius 2 is 2.04 bits per heavy atom. The van der Waals surface area contributed by atoms with E-state index in [1.807, 2.05) is 42.7 Å². The zero-order valence-corrected chi connectivity index (χ0v) is 14.1. The van der Waals surface area contributed by atoms with Crippen molar-refractivity contribution in [2.24, 2.45) is 11.8 Å². The molecule has 24 heavy (non-hydrogen) atoms. The quantitative estimate of drug-likeness (QED) is 0.933. The lowest BCUT2D eigenvalue weighted by Crippen LogP contribution is -2.46. The summed E-state index contributed by atoms with van der Waals surface area (Å²) >= 11 is 0. The van der Waals surface area contributed by atoms with Crippen LogP contribution in [0.3, 0.4) is 0 Å². The molecular weight excluding hydrogens is 306 g/mol. The number of carboxylic acids is 1. The van der Waals surface area contributed by atoms with Gasteiger partial charge in [0.15, 0.2) is 0 Å². The second kappa shape index (κ2) is 6.63. The van der Waals surface area contributed by atoms with Crippen LogP contribution in [0.5, 0.6) is 0 Å². The molecule has 0 bridgehead atoms. The summed E-state index contributed by atoms with van der Waals surface area (Å²) in [6, 6.07) is 7.78. The number of benzene rings is 1. The Morgan fingerprint density at radius 3 is 2.75 bits per heavy atom. The number of aliphatic carboxylic acids is 1. The highest BCUT2D eigenvalue weighted by Gasteiger charge is 2.32. The van der Waals surface area contributed by atoms with Gasteiger partial charge in [0.05, 0.1) is 17.0 Å². The van der Waals surface area contributed by atoms with Crippen molar-refractivity contribution in [2.45, 2.75) is 33.2 Å². The predicted molar refractivity (Wildman–Crippen MR) is 90.6 cm³/mol. The molecule has 2 unspecified atom stereocenters. The zero-order valence-electron chi connectivity index (χ0n) is 14.1. The van der Waals surface area contributed by atoms with Crippen LogP contribution in [0, 0.1) is 11.8 Å². The number of aromatic nitrogens is 2. The maximum absolute atomic E-state index is 12.8.